The van der Waals surface area contributed by atoms with Gasteiger partial charge in [0.15, 0.2) is 0 Å². The van der Waals surface area contributed by atoms with Gasteiger partial charge < -0.3 is 10.0 Å². The summed E-state index contributed by atoms with van der Waals surface area (Å²) in [7, 11) is 0. The van der Waals surface area contributed by atoms with Crippen LogP contribution < -0.4 is 0 Å². The third-order valence-corrected chi connectivity index (χ3v) is 4.75. The first-order valence-electron chi connectivity index (χ1n) is 8.48. The number of rotatable bonds is 7. The van der Waals surface area contributed by atoms with Crippen molar-refractivity contribution in [1.82, 2.24) is 4.90 Å². The molecule has 1 N–H and O–H groups in total. The molecule has 0 spiro atoms. The molecule has 0 radical (unpaired) electrons. The number of nitrogens with zero attached hydrogens (tertiary/aromatic N) is 3. The fourth-order valence-electron chi connectivity index (χ4n) is 3.24. The van der Waals surface area contributed by atoms with Gasteiger partial charge in [-0.15, -0.1) is 0 Å². The van der Waals surface area contributed by atoms with E-state index in [2.05, 4.69) is 17.0 Å². The smallest absolute Gasteiger partial charge is 0.115 e. The minimum absolute atomic E-state index is 0.0109. The molecule has 1 fully saturated rings. The molecule has 122 valence electrons. The van der Waals surface area contributed by atoms with E-state index in [9.17, 15) is 5.11 Å². The highest BCUT2D eigenvalue weighted by atomic mass is 16.3. The first-order valence-corrected chi connectivity index (χ1v) is 8.48. The molecule has 0 saturated carbocycles. The summed E-state index contributed by atoms with van der Waals surface area (Å²) in [5.41, 5.74) is 1.28. The molecule has 1 aliphatic rings. The van der Waals surface area contributed by atoms with Gasteiger partial charge in [0, 0.05) is 13.0 Å². The van der Waals surface area contributed by atoms with E-state index in [0.717, 1.165) is 32.0 Å². The molecule has 2 rings (SSSR count). The summed E-state index contributed by atoms with van der Waals surface area (Å²) in [4.78, 5) is 2.38. The van der Waals surface area contributed by atoms with Gasteiger partial charge in [-0.25, -0.2) is 0 Å². The number of piperidine rings is 1. The van der Waals surface area contributed by atoms with Crippen LogP contribution in [0.2, 0.25) is 0 Å². The Morgan fingerprint density at radius 2 is 1.87 bits per heavy atom. The van der Waals surface area contributed by atoms with Crippen LogP contribution in [0, 0.1) is 34.5 Å². The number of phenolic OH excluding ortho intramolecular Hbond substituents is 1. The molecule has 0 aliphatic carbocycles. The molecule has 0 amide bonds. The molecule has 0 bridgehead atoms. The maximum absolute atomic E-state index is 9.30. The van der Waals surface area contributed by atoms with E-state index in [-0.39, 0.29) is 5.92 Å². The Morgan fingerprint density at radius 1 is 1.17 bits per heavy atom. The maximum Gasteiger partial charge on any atom is 0.115 e. The van der Waals surface area contributed by atoms with Gasteiger partial charge in [0.05, 0.1) is 18.1 Å². The number of aryl methyl sites for hydroxylation is 1. The van der Waals surface area contributed by atoms with Gasteiger partial charge in [-0.2, -0.15) is 10.5 Å². The number of nitriles is 2. The van der Waals surface area contributed by atoms with Crippen LogP contribution in [0.4, 0.5) is 0 Å². The van der Waals surface area contributed by atoms with Crippen molar-refractivity contribution in [3.05, 3.63) is 29.8 Å². The first-order chi connectivity index (χ1) is 11.2. The lowest BCUT2D eigenvalue weighted by molar-refractivity contribution is 0.165. The van der Waals surface area contributed by atoms with Crippen LogP contribution in [0.25, 0.3) is 0 Å². The molecule has 4 heteroatoms. The fraction of sp³-hybridized carbons (Fsp3) is 0.579. The molecule has 1 aliphatic heterocycles. The lowest BCUT2D eigenvalue weighted by Crippen LogP contribution is -2.37. The number of likely N-dealkylation sites (tertiary alicyclic amines) is 1. The second kappa shape index (κ2) is 9.18. The third-order valence-electron chi connectivity index (χ3n) is 4.75. The Kier molecular flexibility index (Phi) is 6.91. The summed E-state index contributed by atoms with van der Waals surface area (Å²) >= 11 is 0. The average molecular weight is 311 g/mol. The number of hydrogen-bond acceptors (Lipinski definition) is 4. The molecule has 0 aromatic heterocycles. The SMILES string of the molecule is N#CCC[C@@H](C#N)CN1CCC(CCc2ccc(O)cc2)CC1. The van der Waals surface area contributed by atoms with E-state index < -0.39 is 0 Å². The summed E-state index contributed by atoms with van der Waals surface area (Å²) < 4.78 is 0. The topological polar surface area (TPSA) is 71.0 Å². The van der Waals surface area contributed by atoms with E-state index in [1.54, 1.807) is 12.1 Å². The van der Waals surface area contributed by atoms with Gasteiger partial charge in [-0.1, -0.05) is 12.1 Å². The van der Waals surface area contributed by atoms with E-state index >= 15 is 0 Å². The number of benzene rings is 1. The number of hydrogen-bond donors (Lipinski definition) is 1. The van der Waals surface area contributed by atoms with Crippen molar-refractivity contribution in [3.63, 3.8) is 0 Å². The highest BCUT2D eigenvalue weighted by molar-refractivity contribution is 5.25. The monoisotopic (exact) mass is 311 g/mol. The Balaban J connectivity index is 1.68. The van der Waals surface area contributed by atoms with Gasteiger partial charge in [0.2, 0.25) is 0 Å². The second-order valence-corrected chi connectivity index (χ2v) is 6.47. The van der Waals surface area contributed by atoms with Gasteiger partial charge >= 0.3 is 0 Å². The quantitative estimate of drug-likeness (QED) is 0.837. The Morgan fingerprint density at radius 3 is 2.48 bits per heavy atom. The predicted octanol–water partition coefficient (Wildman–Crippen LogP) is 3.48. The molecule has 1 aromatic rings. The van der Waals surface area contributed by atoms with Crippen LogP contribution in [0.1, 0.15) is 37.7 Å². The van der Waals surface area contributed by atoms with Crippen LogP contribution in [-0.2, 0) is 6.42 Å². The van der Waals surface area contributed by atoms with Gasteiger partial charge in [-0.05, 0) is 68.8 Å². The van der Waals surface area contributed by atoms with Crippen molar-refractivity contribution in [1.29, 1.82) is 10.5 Å². The van der Waals surface area contributed by atoms with Gasteiger partial charge in [0.1, 0.15) is 5.75 Å². The zero-order chi connectivity index (χ0) is 16.5. The summed E-state index contributed by atoms with van der Waals surface area (Å²) in [6, 6.07) is 12.0. The third kappa shape index (κ3) is 5.93. The van der Waals surface area contributed by atoms with E-state index in [1.165, 1.54) is 24.8 Å². The summed E-state index contributed by atoms with van der Waals surface area (Å²) in [6.07, 6.45) is 5.79. The Hall–Kier alpha value is -2.04. The van der Waals surface area contributed by atoms with Crippen molar-refractivity contribution in [2.45, 2.75) is 38.5 Å². The minimum atomic E-state index is -0.0109. The molecule has 1 heterocycles. The van der Waals surface area contributed by atoms with Crippen molar-refractivity contribution in [3.8, 4) is 17.9 Å². The van der Waals surface area contributed by atoms with E-state index in [0.29, 0.717) is 18.6 Å². The Bertz CT molecular complexity index is 547. The first kappa shape index (κ1) is 17.3. The van der Waals surface area contributed by atoms with E-state index in [1.807, 2.05) is 12.1 Å². The average Bonchev–Trinajstić information content (AvgIpc) is 2.59. The minimum Gasteiger partial charge on any atom is -0.508 e. The van der Waals surface area contributed by atoms with Gasteiger partial charge in [0.25, 0.3) is 0 Å². The van der Waals surface area contributed by atoms with Crippen molar-refractivity contribution in [2.75, 3.05) is 19.6 Å². The summed E-state index contributed by atoms with van der Waals surface area (Å²) in [5, 5.41) is 27.1. The summed E-state index contributed by atoms with van der Waals surface area (Å²) in [5.74, 6) is 1.06. The zero-order valence-electron chi connectivity index (χ0n) is 13.6. The maximum atomic E-state index is 9.30. The van der Waals surface area contributed by atoms with Gasteiger partial charge in [-0.3, -0.25) is 0 Å². The molecular formula is C19H25N3O. The van der Waals surface area contributed by atoms with Crippen molar-refractivity contribution in [2.24, 2.45) is 11.8 Å². The summed E-state index contributed by atoms with van der Waals surface area (Å²) in [6.45, 7) is 2.93. The lowest BCUT2D eigenvalue weighted by Gasteiger charge is -2.33. The highest BCUT2D eigenvalue weighted by Crippen LogP contribution is 2.24. The second-order valence-electron chi connectivity index (χ2n) is 6.47. The van der Waals surface area contributed by atoms with Crippen LogP contribution >= 0.6 is 0 Å². The van der Waals surface area contributed by atoms with Crippen LogP contribution in [-0.4, -0.2) is 29.6 Å². The highest BCUT2D eigenvalue weighted by Gasteiger charge is 2.21. The fourth-order valence-corrected chi connectivity index (χ4v) is 3.24. The van der Waals surface area contributed by atoms with Crippen LogP contribution in [0.5, 0.6) is 5.75 Å². The number of phenols is 1. The molecule has 1 atom stereocenters. The molecule has 1 aromatic carbocycles. The molecule has 4 nitrogen and oxygen atoms in total. The zero-order valence-corrected chi connectivity index (χ0v) is 13.6. The van der Waals surface area contributed by atoms with Crippen molar-refractivity contribution >= 4 is 0 Å². The normalized spacial score (nSPS) is 17.3. The largest absolute Gasteiger partial charge is 0.508 e. The Labute approximate surface area is 139 Å². The lowest BCUT2D eigenvalue weighted by atomic mass is 9.90. The van der Waals surface area contributed by atoms with Crippen LogP contribution in [0.3, 0.4) is 0 Å². The van der Waals surface area contributed by atoms with Crippen molar-refractivity contribution < 1.29 is 5.11 Å². The molecule has 0 unspecified atom stereocenters. The molecular weight excluding hydrogens is 286 g/mol. The number of aromatic hydroxyl groups is 1. The van der Waals surface area contributed by atoms with E-state index in [4.69, 9.17) is 10.5 Å². The standard InChI is InChI=1S/C19H25N3O/c20-11-1-2-18(14-21)15-22-12-9-17(10-13-22)4-3-16-5-7-19(23)8-6-16/h5-8,17-18,23H,1-4,9-10,12-13,15H2/t18-/m0/s1. The van der Waals surface area contributed by atoms with Crippen LogP contribution in [0.15, 0.2) is 24.3 Å². The predicted molar refractivity (Wildman–Crippen MR) is 89.5 cm³/mol. The molecule has 23 heavy (non-hydrogen) atoms. The molecule has 1 saturated heterocycles.